The number of carbonyl (C=O) groups excluding carboxylic acids is 2. The lowest BCUT2D eigenvalue weighted by atomic mass is 10.1. The second-order valence-corrected chi connectivity index (χ2v) is 3.47. The number of carbonyl (C=O) groups is 2. The van der Waals surface area contributed by atoms with E-state index in [2.05, 4.69) is 0 Å². The number of benzene rings is 1. The molecule has 3 heteroatoms. The van der Waals surface area contributed by atoms with Crippen molar-refractivity contribution in [2.75, 3.05) is 11.9 Å². The number of nitrogens with zero attached hydrogens (tertiary/aromatic N) is 1. The topological polar surface area (TPSA) is 37.4 Å². The van der Waals surface area contributed by atoms with E-state index >= 15 is 0 Å². The summed E-state index contributed by atoms with van der Waals surface area (Å²) in [5.41, 5.74) is 2.38. The molecule has 0 saturated carbocycles. The van der Waals surface area contributed by atoms with Gasteiger partial charge in [-0.2, -0.15) is 0 Å². The van der Waals surface area contributed by atoms with Gasteiger partial charge >= 0.3 is 0 Å². The van der Waals surface area contributed by atoms with Gasteiger partial charge < -0.3 is 4.90 Å². The summed E-state index contributed by atoms with van der Waals surface area (Å²) >= 11 is 0. The van der Waals surface area contributed by atoms with Crippen LogP contribution in [0, 0.1) is 6.92 Å². The summed E-state index contributed by atoms with van der Waals surface area (Å²) in [5, 5.41) is 0. The van der Waals surface area contributed by atoms with Crippen LogP contribution in [0.3, 0.4) is 0 Å². The smallest absolute Gasteiger partial charge is 0.226 e. The van der Waals surface area contributed by atoms with Gasteiger partial charge in [0.2, 0.25) is 5.91 Å². The standard InChI is InChI=1S/C12H15NO2.C2H6/c1-4-12(15)13(3)11-7-10(8-14)6-5-9(11)2;1-2/h5-8H,4H2,1-3H3;1-2H3. The second kappa shape index (κ2) is 7.60. The van der Waals surface area contributed by atoms with Crippen molar-refractivity contribution in [2.45, 2.75) is 34.1 Å². The molecule has 0 aliphatic rings. The Kier molecular flexibility index (Phi) is 6.87. The molecule has 0 aliphatic carbocycles. The van der Waals surface area contributed by atoms with Crippen LogP contribution >= 0.6 is 0 Å². The Bertz CT molecular complexity index is 386. The summed E-state index contributed by atoms with van der Waals surface area (Å²) < 4.78 is 0. The molecular weight excluding hydrogens is 214 g/mol. The van der Waals surface area contributed by atoms with E-state index < -0.39 is 0 Å². The van der Waals surface area contributed by atoms with Crippen LogP contribution in [0.1, 0.15) is 43.1 Å². The van der Waals surface area contributed by atoms with Crippen LogP contribution in [-0.2, 0) is 4.79 Å². The van der Waals surface area contributed by atoms with Gasteiger partial charge in [-0.25, -0.2) is 0 Å². The third-order valence-corrected chi connectivity index (χ3v) is 2.41. The van der Waals surface area contributed by atoms with E-state index in [0.717, 1.165) is 17.5 Å². The Morgan fingerprint density at radius 2 is 1.94 bits per heavy atom. The van der Waals surface area contributed by atoms with Crippen molar-refractivity contribution in [1.29, 1.82) is 0 Å². The van der Waals surface area contributed by atoms with Gasteiger partial charge in [0.1, 0.15) is 6.29 Å². The molecule has 0 aliphatic heterocycles. The molecule has 1 aromatic carbocycles. The van der Waals surface area contributed by atoms with Crippen molar-refractivity contribution in [3.63, 3.8) is 0 Å². The Hall–Kier alpha value is -1.64. The van der Waals surface area contributed by atoms with Gasteiger partial charge in [-0.1, -0.05) is 32.9 Å². The van der Waals surface area contributed by atoms with E-state index in [9.17, 15) is 9.59 Å². The van der Waals surface area contributed by atoms with Gasteiger partial charge in [0.15, 0.2) is 0 Å². The van der Waals surface area contributed by atoms with Crippen molar-refractivity contribution in [3.8, 4) is 0 Å². The van der Waals surface area contributed by atoms with Crippen LogP contribution < -0.4 is 4.90 Å². The van der Waals surface area contributed by atoms with Crippen molar-refractivity contribution < 1.29 is 9.59 Å². The molecule has 3 nitrogen and oxygen atoms in total. The summed E-state index contributed by atoms with van der Waals surface area (Å²) in [7, 11) is 1.72. The average Bonchev–Trinajstić information content (AvgIpc) is 2.40. The highest BCUT2D eigenvalue weighted by Gasteiger charge is 2.11. The molecule has 1 aromatic rings. The maximum Gasteiger partial charge on any atom is 0.226 e. The Labute approximate surface area is 103 Å². The normalized spacial score (nSPS) is 9.00. The number of aryl methyl sites for hydroxylation is 1. The minimum Gasteiger partial charge on any atom is -0.315 e. The first-order valence-electron chi connectivity index (χ1n) is 5.92. The zero-order chi connectivity index (χ0) is 13.4. The minimum atomic E-state index is 0.0427. The van der Waals surface area contributed by atoms with Crippen LogP contribution in [0.2, 0.25) is 0 Å². The van der Waals surface area contributed by atoms with Crippen molar-refractivity contribution in [2.24, 2.45) is 0 Å². The number of amides is 1. The largest absolute Gasteiger partial charge is 0.315 e. The van der Waals surface area contributed by atoms with Crippen LogP contribution in [0.4, 0.5) is 5.69 Å². The van der Waals surface area contributed by atoms with Gasteiger partial charge in [0.05, 0.1) is 0 Å². The van der Waals surface area contributed by atoms with Gasteiger partial charge in [-0.3, -0.25) is 9.59 Å². The minimum absolute atomic E-state index is 0.0427. The van der Waals surface area contributed by atoms with Crippen LogP contribution in [0.5, 0.6) is 0 Å². The quantitative estimate of drug-likeness (QED) is 0.754. The molecule has 0 fully saturated rings. The average molecular weight is 235 g/mol. The second-order valence-electron chi connectivity index (χ2n) is 3.47. The molecule has 1 amide bonds. The first kappa shape index (κ1) is 15.4. The van der Waals surface area contributed by atoms with Crippen molar-refractivity contribution in [1.82, 2.24) is 0 Å². The van der Waals surface area contributed by atoms with Gasteiger partial charge in [-0.15, -0.1) is 0 Å². The maximum absolute atomic E-state index is 11.5. The number of hydrogen-bond acceptors (Lipinski definition) is 2. The van der Waals surface area contributed by atoms with Crippen LogP contribution in [-0.4, -0.2) is 19.2 Å². The fourth-order valence-electron chi connectivity index (χ4n) is 1.43. The molecule has 0 saturated heterocycles. The van der Waals surface area contributed by atoms with Gasteiger partial charge in [0.25, 0.3) is 0 Å². The Morgan fingerprint density at radius 3 is 2.41 bits per heavy atom. The molecule has 0 heterocycles. The molecule has 0 aromatic heterocycles. The molecule has 94 valence electrons. The predicted molar refractivity (Wildman–Crippen MR) is 71.6 cm³/mol. The van der Waals surface area contributed by atoms with E-state index in [0.29, 0.717) is 12.0 Å². The summed E-state index contributed by atoms with van der Waals surface area (Å²) in [5.74, 6) is 0.0427. The Balaban J connectivity index is 0.00000121. The summed E-state index contributed by atoms with van der Waals surface area (Å²) in [6.07, 6.45) is 1.24. The van der Waals surface area contributed by atoms with Crippen LogP contribution in [0.15, 0.2) is 18.2 Å². The SMILES string of the molecule is CC.CCC(=O)N(C)c1cc(C=O)ccc1C. The first-order valence-corrected chi connectivity index (χ1v) is 5.92. The zero-order valence-electron chi connectivity index (χ0n) is 11.3. The first-order chi connectivity index (χ1) is 8.10. The lowest BCUT2D eigenvalue weighted by Gasteiger charge is -2.19. The highest BCUT2D eigenvalue weighted by atomic mass is 16.2. The molecule has 0 unspecified atom stereocenters. The number of rotatable bonds is 3. The molecule has 0 N–H and O–H groups in total. The Morgan fingerprint density at radius 1 is 1.35 bits per heavy atom. The van der Waals surface area contributed by atoms with E-state index in [1.165, 1.54) is 0 Å². The van der Waals surface area contributed by atoms with Crippen molar-refractivity contribution in [3.05, 3.63) is 29.3 Å². The molecule has 0 spiro atoms. The third kappa shape index (κ3) is 4.02. The molecule has 17 heavy (non-hydrogen) atoms. The lowest BCUT2D eigenvalue weighted by molar-refractivity contribution is -0.118. The third-order valence-electron chi connectivity index (χ3n) is 2.41. The fourth-order valence-corrected chi connectivity index (χ4v) is 1.43. The lowest BCUT2D eigenvalue weighted by Crippen LogP contribution is -2.25. The monoisotopic (exact) mass is 235 g/mol. The van der Waals surface area contributed by atoms with E-state index in [4.69, 9.17) is 0 Å². The number of aldehydes is 1. The summed E-state index contributed by atoms with van der Waals surface area (Å²) in [6.45, 7) is 7.74. The number of hydrogen-bond donors (Lipinski definition) is 0. The number of anilines is 1. The highest BCUT2D eigenvalue weighted by molar-refractivity contribution is 5.94. The molecule has 0 radical (unpaired) electrons. The summed E-state index contributed by atoms with van der Waals surface area (Å²) in [4.78, 5) is 23.7. The zero-order valence-corrected chi connectivity index (χ0v) is 11.3. The van der Waals surface area contributed by atoms with E-state index in [-0.39, 0.29) is 5.91 Å². The van der Waals surface area contributed by atoms with E-state index in [1.54, 1.807) is 24.1 Å². The molecule has 0 atom stereocenters. The van der Waals surface area contributed by atoms with Crippen molar-refractivity contribution >= 4 is 17.9 Å². The van der Waals surface area contributed by atoms with E-state index in [1.807, 2.05) is 33.8 Å². The molecule has 0 bridgehead atoms. The van der Waals surface area contributed by atoms with Gasteiger partial charge in [0, 0.05) is 24.7 Å². The predicted octanol–water partition coefficient (Wildman–Crippen LogP) is 3.21. The maximum atomic E-state index is 11.5. The molecular formula is C14H21NO2. The van der Waals surface area contributed by atoms with Crippen LogP contribution in [0.25, 0.3) is 0 Å². The summed E-state index contributed by atoms with van der Waals surface area (Å²) in [6, 6.07) is 5.32. The molecule has 1 rings (SSSR count). The highest BCUT2D eigenvalue weighted by Crippen LogP contribution is 2.20. The fraction of sp³-hybridized carbons (Fsp3) is 0.429. The van der Waals surface area contributed by atoms with Gasteiger partial charge in [-0.05, 0) is 18.6 Å².